The molecule has 0 aliphatic carbocycles. The number of pyridine rings is 2. The molecule has 0 bridgehead atoms. The van der Waals surface area contributed by atoms with Crippen LogP contribution in [0, 0.1) is 5.95 Å². The van der Waals surface area contributed by atoms with Crippen LogP contribution in [0.5, 0.6) is 0 Å². The highest BCUT2D eigenvalue weighted by molar-refractivity contribution is 5.62. The van der Waals surface area contributed by atoms with Crippen LogP contribution < -0.4 is 0 Å². The summed E-state index contributed by atoms with van der Waals surface area (Å²) >= 11 is 0. The number of hydrogen-bond donors (Lipinski definition) is 0. The fourth-order valence-electron chi connectivity index (χ4n) is 1.31. The van der Waals surface area contributed by atoms with Gasteiger partial charge in [0.25, 0.3) is 0 Å². The van der Waals surface area contributed by atoms with Crippen molar-refractivity contribution in [1.82, 2.24) is 9.97 Å². The Morgan fingerprint density at radius 2 is 1.71 bits per heavy atom. The molecule has 2 aromatic rings. The van der Waals surface area contributed by atoms with Crippen molar-refractivity contribution in [2.45, 2.75) is 6.18 Å². The molecular weight excluding hydrogens is 236 g/mol. The van der Waals surface area contributed by atoms with E-state index in [2.05, 4.69) is 9.97 Å². The normalized spacial score (nSPS) is 11.5. The smallest absolute Gasteiger partial charge is 0.252 e. The molecule has 0 atom stereocenters. The van der Waals surface area contributed by atoms with Crippen molar-refractivity contribution in [3.63, 3.8) is 0 Å². The van der Waals surface area contributed by atoms with Gasteiger partial charge in [-0.25, -0.2) is 4.98 Å². The highest BCUT2D eigenvalue weighted by Crippen LogP contribution is 2.30. The van der Waals surface area contributed by atoms with Crippen molar-refractivity contribution >= 4 is 0 Å². The molecule has 0 saturated heterocycles. The molecule has 0 N–H and O–H groups in total. The maximum absolute atomic E-state index is 12.6. The van der Waals surface area contributed by atoms with E-state index in [4.69, 9.17) is 0 Å². The van der Waals surface area contributed by atoms with Crippen LogP contribution in [0.4, 0.5) is 17.6 Å². The molecule has 0 spiro atoms. The van der Waals surface area contributed by atoms with Crippen LogP contribution in [0.2, 0.25) is 0 Å². The Bertz CT molecular complexity index is 520. The molecule has 0 aliphatic rings. The van der Waals surface area contributed by atoms with Crippen molar-refractivity contribution in [3.8, 4) is 11.1 Å². The van der Waals surface area contributed by atoms with E-state index in [-0.39, 0.29) is 0 Å². The van der Waals surface area contributed by atoms with Gasteiger partial charge in [-0.05, 0) is 29.8 Å². The predicted octanol–water partition coefficient (Wildman–Crippen LogP) is 3.30. The van der Waals surface area contributed by atoms with Crippen LogP contribution in [-0.4, -0.2) is 9.97 Å². The molecule has 2 heterocycles. The van der Waals surface area contributed by atoms with Crippen LogP contribution in [0.15, 0.2) is 36.7 Å². The second kappa shape index (κ2) is 4.12. The number of rotatable bonds is 1. The number of hydrogen-bond acceptors (Lipinski definition) is 2. The molecule has 17 heavy (non-hydrogen) atoms. The molecule has 2 rings (SSSR count). The van der Waals surface area contributed by atoms with Gasteiger partial charge in [-0.1, -0.05) is 0 Å². The fourth-order valence-corrected chi connectivity index (χ4v) is 1.31. The largest absolute Gasteiger partial charge is 0.433 e. The van der Waals surface area contributed by atoms with Crippen molar-refractivity contribution in [2.24, 2.45) is 0 Å². The summed E-state index contributed by atoms with van der Waals surface area (Å²) in [5.41, 5.74) is -0.293. The highest BCUT2D eigenvalue weighted by Gasteiger charge is 2.32. The monoisotopic (exact) mass is 242 g/mol. The molecule has 6 heteroatoms. The summed E-state index contributed by atoms with van der Waals surface area (Å²) in [6.45, 7) is 0. The molecule has 0 fully saturated rings. The zero-order valence-corrected chi connectivity index (χ0v) is 8.37. The van der Waals surface area contributed by atoms with Gasteiger partial charge in [-0.15, -0.1) is 0 Å². The van der Waals surface area contributed by atoms with Gasteiger partial charge in [-0.2, -0.15) is 17.6 Å². The molecule has 0 aromatic carbocycles. The quantitative estimate of drug-likeness (QED) is 0.566. The van der Waals surface area contributed by atoms with Crippen LogP contribution in [0.1, 0.15) is 5.69 Å². The molecule has 0 saturated carbocycles. The van der Waals surface area contributed by atoms with E-state index in [9.17, 15) is 17.6 Å². The molecule has 0 amide bonds. The van der Waals surface area contributed by atoms with Crippen molar-refractivity contribution in [3.05, 3.63) is 48.3 Å². The van der Waals surface area contributed by atoms with Crippen LogP contribution in [0.25, 0.3) is 11.1 Å². The Morgan fingerprint density at radius 3 is 2.29 bits per heavy atom. The van der Waals surface area contributed by atoms with E-state index < -0.39 is 17.8 Å². The lowest BCUT2D eigenvalue weighted by Crippen LogP contribution is -2.07. The van der Waals surface area contributed by atoms with E-state index in [1.165, 1.54) is 18.3 Å². The summed E-state index contributed by atoms with van der Waals surface area (Å²) in [4.78, 5) is 6.61. The maximum atomic E-state index is 12.6. The van der Waals surface area contributed by atoms with Crippen molar-refractivity contribution < 1.29 is 17.6 Å². The summed E-state index contributed by atoms with van der Waals surface area (Å²) in [6.07, 6.45) is -2.27. The molecule has 2 aromatic heterocycles. The number of alkyl halides is 3. The van der Waals surface area contributed by atoms with Gasteiger partial charge in [0.2, 0.25) is 5.95 Å². The standard InChI is InChI=1S/C11H6F4N2/c12-10-2-1-8(6-17-10)7-3-4-16-9(5-7)11(13,14)15/h1-6H. The number of nitrogens with zero attached hydrogens (tertiary/aromatic N) is 2. The lowest BCUT2D eigenvalue weighted by Gasteiger charge is -2.07. The number of aromatic nitrogens is 2. The first kappa shape index (κ1) is 11.5. The molecule has 0 radical (unpaired) electrons. The average Bonchev–Trinajstić information content (AvgIpc) is 2.29. The average molecular weight is 242 g/mol. The number of halogens is 4. The first-order valence-electron chi connectivity index (χ1n) is 4.62. The Morgan fingerprint density at radius 1 is 0.941 bits per heavy atom. The van der Waals surface area contributed by atoms with E-state index in [0.29, 0.717) is 11.1 Å². The minimum atomic E-state index is -4.50. The van der Waals surface area contributed by atoms with E-state index >= 15 is 0 Å². The third-order valence-corrected chi connectivity index (χ3v) is 2.11. The van der Waals surface area contributed by atoms with E-state index in [0.717, 1.165) is 18.3 Å². The summed E-state index contributed by atoms with van der Waals surface area (Å²) in [6, 6.07) is 4.75. The van der Waals surface area contributed by atoms with Crippen LogP contribution in [-0.2, 0) is 6.18 Å². The third-order valence-electron chi connectivity index (χ3n) is 2.11. The maximum Gasteiger partial charge on any atom is 0.433 e. The van der Waals surface area contributed by atoms with Gasteiger partial charge < -0.3 is 0 Å². The van der Waals surface area contributed by atoms with Crippen molar-refractivity contribution in [1.29, 1.82) is 0 Å². The minimum absolute atomic E-state index is 0.292. The molecule has 0 aliphatic heterocycles. The summed E-state index contributed by atoms with van der Waals surface area (Å²) < 4.78 is 49.8. The predicted molar refractivity (Wildman–Crippen MR) is 52.4 cm³/mol. The first-order valence-corrected chi connectivity index (χ1v) is 4.62. The van der Waals surface area contributed by atoms with Gasteiger partial charge in [0.15, 0.2) is 0 Å². The topological polar surface area (TPSA) is 25.8 Å². The van der Waals surface area contributed by atoms with Gasteiger partial charge in [0, 0.05) is 18.0 Å². The lowest BCUT2D eigenvalue weighted by molar-refractivity contribution is -0.141. The molecule has 2 nitrogen and oxygen atoms in total. The Labute approximate surface area is 94.0 Å². The SMILES string of the molecule is Fc1ccc(-c2ccnc(C(F)(F)F)c2)cn1. The second-order valence-electron chi connectivity index (χ2n) is 3.30. The van der Waals surface area contributed by atoms with Gasteiger partial charge in [-0.3, -0.25) is 4.98 Å². The van der Waals surface area contributed by atoms with E-state index in [1.54, 1.807) is 0 Å². The van der Waals surface area contributed by atoms with Gasteiger partial charge >= 0.3 is 6.18 Å². The minimum Gasteiger partial charge on any atom is -0.252 e. The molecule has 88 valence electrons. The zero-order chi connectivity index (χ0) is 12.5. The Kier molecular flexibility index (Phi) is 2.79. The second-order valence-corrected chi connectivity index (χ2v) is 3.30. The lowest BCUT2D eigenvalue weighted by atomic mass is 10.1. The molecule has 0 unspecified atom stereocenters. The summed E-state index contributed by atoms with van der Waals surface area (Å²) in [5.74, 6) is -0.682. The zero-order valence-electron chi connectivity index (χ0n) is 8.37. The van der Waals surface area contributed by atoms with E-state index in [1.807, 2.05) is 0 Å². The third kappa shape index (κ3) is 2.58. The van der Waals surface area contributed by atoms with Gasteiger partial charge in [0.1, 0.15) is 5.69 Å². The molecular formula is C11H6F4N2. The van der Waals surface area contributed by atoms with Gasteiger partial charge in [0.05, 0.1) is 0 Å². The van der Waals surface area contributed by atoms with Crippen molar-refractivity contribution in [2.75, 3.05) is 0 Å². The summed E-state index contributed by atoms with van der Waals surface area (Å²) in [7, 11) is 0. The Hall–Kier alpha value is -1.98. The summed E-state index contributed by atoms with van der Waals surface area (Å²) in [5, 5.41) is 0. The van der Waals surface area contributed by atoms with Crippen LogP contribution >= 0.6 is 0 Å². The van der Waals surface area contributed by atoms with Crippen LogP contribution in [0.3, 0.4) is 0 Å². The first-order chi connectivity index (χ1) is 7.97. The highest BCUT2D eigenvalue weighted by atomic mass is 19.4. The Balaban J connectivity index is 2.43. The fraction of sp³-hybridized carbons (Fsp3) is 0.0909.